The lowest BCUT2D eigenvalue weighted by Gasteiger charge is -2.14. The van der Waals surface area contributed by atoms with Crippen molar-refractivity contribution >= 4 is 5.97 Å². The molecule has 2 N–H and O–H groups in total. The molecule has 1 aromatic carbocycles. The van der Waals surface area contributed by atoms with E-state index in [4.69, 9.17) is 14.6 Å². The number of carboxylic acid groups (broad SMARTS) is 1. The lowest BCUT2D eigenvalue weighted by molar-refractivity contribution is -0.139. The zero-order valence-corrected chi connectivity index (χ0v) is 9.60. The summed E-state index contributed by atoms with van der Waals surface area (Å²) in [6.45, 7) is 2.84. The quantitative estimate of drug-likeness (QED) is 0.813. The van der Waals surface area contributed by atoms with Crippen molar-refractivity contribution in [1.29, 1.82) is 0 Å². The maximum absolute atomic E-state index is 11.2. The molecular formula is C12H15NO4. The molecule has 1 aromatic rings. The van der Waals surface area contributed by atoms with Gasteiger partial charge in [-0.3, -0.25) is 4.79 Å². The molecule has 0 aliphatic carbocycles. The van der Waals surface area contributed by atoms with Crippen LogP contribution in [0.3, 0.4) is 0 Å². The van der Waals surface area contributed by atoms with Crippen molar-refractivity contribution in [3.8, 4) is 11.5 Å². The summed E-state index contributed by atoms with van der Waals surface area (Å²) in [6, 6.07) is 4.49. The maximum atomic E-state index is 11.2. The van der Waals surface area contributed by atoms with Crippen LogP contribution in [-0.4, -0.2) is 24.4 Å². The first kappa shape index (κ1) is 11.7. The largest absolute Gasteiger partial charge is 0.480 e. The number of rotatable bonds is 5. The minimum atomic E-state index is -0.891. The topological polar surface area (TPSA) is 67.8 Å². The van der Waals surface area contributed by atoms with E-state index in [0.29, 0.717) is 23.6 Å². The van der Waals surface area contributed by atoms with Gasteiger partial charge >= 0.3 is 5.97 Å². The van der Waals surface area contributed by atoms with Gasteiger partial charge < -0.3 is 19.9 Å². The summed E-state index contributed by atoms with van der Waals surface area (Å²) in [7, 11) is 0. The molecule has 1 aliphatic rings. The SMILES string of the molecule is CCCNC(C(=O)O)c1ccc2c(c1)OCO2. The van der Waals surface area contributed by atoms with Gasteiger partial charge in [-0.2, -0.15) is 0 Å². The van der Waals surface area contributed by atoms with Crippen molar-refractivity contribution in [2.75, 3.05) is 13.3 Å². The summed E-state index contributed by atoms with van der Waals surface area (Å²) in [6.07, 6.45) is 0.883. The molecule has 0 radical (unpaired) electrons. The first-order valence-corrected chi connectivity index (χ1v) is 5.58. The molecule has 2 rings (SSSR count). The lowest BCUT2D eigenvalue weighted by atomic mass is 10.1. The summed E-state index contributed by atoms with van der Waals surface area (Å²) in [5, 5.41) is 12.1. The van der Waals surface area contributed by atoms with E-state index in [0.717, 1.165) is 6.42 Å². The number of carbonyl (C=O) groups is 1. The standard InChI is InChI=1S/C12H15NO4/c1-2-5-13-11(12(14)15)8-3-4-9-10(6-8)17-7-16-9/h3-4,6,11,13H,2,5,7H2,1H3,(H,14,15). The summed E-state index contributed by atoms with van der Waals surface area (Å²) < 4.78 is 10.4. The first-order chi connectivity index (χ1) is 8.22. The summed E-state index contributed by atoms with van der Waals surface area (Å²) in [5.41, 5.74) is 0.676. The first-order valence-electron chi connectivity index (χ1n) is 5.58. The third-order valence-corrected chi connectivity index (χ3v) is 2.58. The van der Waals surface area contributed by atoms with Crippen molar-refractivity contribution in [3.05, 3.63) is 23.8 Å². The van der Waals surface area contributed by atoms with Crippen LogP contribution in [0.2, 0.25) is 0 Å². The highest BCUT2D eigenvalue weighted by atomic mass is 16.7. The molecule has 5 heteroatoms. The van der Waals surface area contributed by atoms with Crippen molar-refractivity contribution in [1.82, 2.24) is 5.32 Å². The Kier molecular flexibility index (Phi) is 3.49. The van der Waals surface area contributed by atoms with Gasteiger partial charge in [-0.1, -0.05) is 13.0 Å². The zero-order chi connectivity index (χ0) is 12.3. The van der Waals surface area contributed by atoms with Gasteiger partial charge in [0.25, 0.3) is 0 Å². The molecule has 1 unspecified atom stereocenters. The molecule has 1 heterocycles. The average Bonchev–Trinajstić information content (AvgIpc) is 2.76. The molecule has 0 aromatic heterocycles. The Labute approximate surface area is 99.3 Å². The van der Waals surface area contributed by atoms with Gasteiger partial charge in [-0.15, -0.1) is 0 Å². The molecule has 0 fully saturated rings. The van der Waals surface area contributed by atoms with Crippen LogP contribution in [0.1, 0.15) is 24.9 Å². The Morgan fingerprint density at radius 2 is 2.24 bits per heavy atom. The molecule has 92 valence electrons. The molecule has 0 saturated carbocycles. The second-order valence-electron chi connectivity index (χ2n) is 3.84. The monoisotopic (exact) mass is 237 g/mol. The van der Waals surface area contributed by atoms with E-state index < -0.39 is 12.0 Å². The van der Waals surface area contributed by atoms with Crippen LogP contribution in [0.5, 0.6) is 11.5 Å². The number of ether oxygens (including phenoxy) is 2. The van der Waals surface area contributed by atoms with Gasteiger partial charge in [0.2, 0.25) is 6.79 Å². The Morgan fingerprint density at radius 1 is 1.47 bits per heavy atom. The van der Waals surface area contributed by atoms with Crippen molar-refractivity contribution in [2.24, 2.45) is 0 Å². The predicted molar refractivity (Wildman–Crippen MR) is 61.2 cm³/mol. The maximum Gasteiger partial charge on any atom is 0.325 e. The zero-order valence-electron chi connectivity index (χ0n) is 9.60. The van der Waals surface area contributed by atoms with Gasteiger partial charge in [-0.05, 0) is 30.7 Å². The number of nitrogens with one attached hydrogen (secondary N) is 1. The highest BCUT2D eigenvalue weighted by molar-refractivity contribution is 5.76. The smallest absolute Gasteiger partial charge is 0.325 e. The molecule has 17 heavy (non-hydrogen) atoms. The van der Waals surface area contributed by atoms with Gasteiger partial charge in [0.15, 0.2) is 11.5 Å². The Balaban J connectivity index is 2.20. The van der Waals surface area contributed by atoms with E-state index in [1.807, 2.05) is 6.92 Å². The van der Waals surface area contributed by atoms with E-state index in [1.165, 1.54) is 0 Å². The number of hydrogen-bond acceptors (Lipinski definition) is 4. The highest BCUT2D eigenvalue weighted by Crippen LogP contribution is 2.34. The predicted octanol–water partition coefficient (Wildman–Crippen LogP) is 1.54. The van der Waals surface area contributed by atoms with Gasteiger partial charge in [0, 0.05) is 0 Å². The van der Waals surface area contributed by atoms with Gasteiger partial charge in [-0.25, -0.2) is 0 Å². The van der Waals surface area contributed by atoms with Crippen LogP contribution in [0.25, 0.3) is 0 Å². The number of fused-ring (bicyclic) bond motifs is 1. The molecular weight excluding hydrogens is 222 g/mol. The van der Waals surface area contributed by atoms with E-state index in [1.54, 1.807) is 18.2 Å². The fraction of sp³-hybridized carbons (Fsp3) is 0.417. The Bertz CT molecular complexity index is 419. The van der Waals surface area contributed by atoms with Crippen molar-refractivity contribution in [2.45, 2.75) is 19.4 Å². The average molecular weight is 237 g/mol. The minimum absolute atomic E-state index is 0.193. The van der Waals surface area contributed by atoms with E-state index in [2.05, 4.69) is 5.32 Å². The second kappa shape index (κ2) is 5.05. The summed E-state index contributed by atoms with van der Waals surface area (Å²) >= 11 is 0. The van der Waals surface area contributed by atoms with Crippen LogP contribution in [0, 0.1) is 0 Å². The second-order valence-corrected chi connectivity index (χ2v) is 3.84. The molecule has 5 nitrogen and oxygen atoms in total. The van der Waals surface area contributed by atoms with E-state index in [-0.39, 0.29) is 6.79 Å². The number of carboxylic acids is 1. The third-order valence-electron chi connectivity index (χ3n) is 2.58. The summed E-state index contributed by atoms with van der Waals surface area (Å²) in [4.78, 5) is 11.2. The van der Waals surface area contributed by atoms with Crippen molar-refractivity contribution < 1.29 is 19.4 Å². The lowest BCUT2D eigenvalue weighted by Crippen LogP contribution is -2.28. The normalized spacial score (nSPS) is 14.6. The van der Waals surface area contributed by atoms with E-state index in [9.17, 15) is 4.79 Å². The Hall–Kier alpha value is -1.75. The number of aliphatic carboxylic acids is 1. The van der Waals surface area contributed by atoms with Crippen LogP contribution >= 0.6 is 0 Å². The fourth-order valence-electron chi connectivity index (χ4n) is 1.73. The van der Waals surface area contributed by atoms with Crippen molar-refractivity contribution in [3.63, 3.8) is 0 Å². The van der Waals surface area contributed by atoms with Gasteiger partial charge in [0.1, 0.15) is 6.04 Å². The molecule has 0 spiro atoms. The van der Waals surface area contributed by atoms with Crippen LogP contribution < -0.4 is 14.8 Å². The van der Waals surface area contributed by atoms with Crippen LogP contribution in [0.4, 0.5) is 0 Å². The Morgan fingerprint density at radius 3 is 2.94 bits per heavy atom. The molecule has 1 aliphatic heterocycles. The fourth-order valence-corrected chi connectivity index (χ4v) is 1.73. The molecule has 1 atom stereocenters. The molecule has 0 bridgehead atoms. The third kappa shape index (κ3) is 2.50. The van der Waals surface area contributed by atoms with E-state index >= 15 is 0 Å². The molecule has 0 amide bonds. The number of hydrogen-bond donors (Lipinski definition) is 2. The summed E-state index contributed by atoms with van der Waals surface area (Å²) in [5.74, 6) is 0.373. The van der Waals surface area contributed by atoms with Gasteiger partial charge in [0.05, 0.1) is 0 Å². The van der Waals surface area contributed by atoms with Crippen LogP contribution in [0.15, 0.2) is 18.2 Å². The van der Waals surface area contributed by atoms with Crippen LogP contribution in [-0.2, 0) is 4.79 Å². The molecule has 0 saturated heterocycles. The minimum Gasteiger partial charge on any atom is -0.480 e. The highest BCUT2D eigenvalue weighted by Gasteiger charge is 2.22. The number of benzene rings is 1.